The predicted molar refractivity (Wildman–Crippen MR) is 122 cm³/mol. The minimum Gasteiger partial charge on any atom is -0.348 e. The van der Waals surface area contributed by atoms with E-state index in [1.54, 1.807) is 17.0 Å². The fourth-order valence-corrected chi connectivity index (χ4v) is 4.29. The molecule has 1 unspecified atom stereocenters. The number of nitrogens with zero attached hydrogens (tertiary/aromatic N) is 3. The number of aryl methyl sites for hydroxylation is 1. The minimum absolute atomic E-state index is 0.0178. The molecule has 2 amide bonds. The summed E-state index contributed by atoms with van der Waals surface area (Å²) in [6, 6.07) is 21.5. The molecule has 0 aliphatic carbocycles. The Kier molecular flexibility index (Phi) is 6.21. The van der Waals surface area contributed by atoms with Crippen molar-refractivity contribution >= 4 is 11.8 Å². The summed E-state index contributed by atoms with van der Waals surface area (Å²) in [5.74, 6) is -0.112. The zero-order valence-corrected chi connectivity index (χ0v) is 18.2. The lowest BCUT2D eigenvalue weighted by atomic mass is 9.98. The molecule has 0 bridgehead atoms. The van der Waals surface area contributed by atoms with Crippen molar-refractivity contribution in [3.05, 3.63) is 95.3 Å². The van der Waals surface area contributed by atoms with E-state index in [0.29, 0.717) is 18.7 Å². The average Bonchev–Trinajstić information content (AvgIpc) is 3.28. The van der Waals surface area contributed by atoms with E-state index in [4.69, 9.17) is 0 Å². The number of hydrogen-bond acceptors (Lipinski definition) is 2. The van der Waals surface area contributed by atoms with Crippen molar-refractivity contribution in [1.29, 1.82) is 0 Å². The van der Waals surface area contributed by atoms with Crippen molar-refractivity contribution in [3.63, 3.8) is 0 Å². The molecule has 0 N–H and O–H groups in total. The number of hydrogen-bond donors (Lipinski definition) is 0. The first-order chi connectivity index (χ1) is 15.1. The maximum absolute atomic E-state index is 13.5. The first-order valence-corrected chi connectivity index (χ1v) is 10.9. The molecule has 0 saturated heterocycles. The average molecular weight is 416 g/mol. The number of aromatic nitrogens is 1. The highest BCUT2D eigenvalue weighted by Gasteiger charge is 2.33. The first kappa shape index (κ1) is 20.9. The lowest BCUT2D eigenvalue weighted by Crippen LogP contribution is -2.48. The molecule has 1 aliphatic heterocycles. The van der Waals surface area contributed by atoms with Crippen LogP contribution in [0, 0.1) is 6.92 Å². The first-order valence-electron chi connectivity index (χ1n) is 10.9. The Morgan fingerprint density at radius 2 is 1.71 bits per heavy atom. The van der Waals surface area contributed by atoms with Crippen molar-refractivity contribution < 1.29 is 9.59 Å². The Hall–Kier alpha value is -3.34. The molecule has 0 spiro atoms. The maximum Gasteiger partial charge on any atom is 0.254 e. The summed E-state index contributed by atoms with van der Waals surface area (Å²) >= 11 is 0. The number of benzene rings is 2. The molecule has 2 heterocycles. The molecule has 1 atom stereocenters. The van der Waals surface area contributed by atoms with Gasteiger partial charge in [0.2, 0.25) is 5.91 Å². The van der Waals surface area contributed by atoms with Gasteiger partial charge < -0.3 is 14.4 Å². The smallest absolute Gasteiger partial charge is 0.254 e. The van der Waals surface area contributed by atoms with E-state index in [1.807, 2.05) is 36.1 Å². The Morgan fingerprint density at radius 1 is 0.968 bits per heavy atom. The summed E-state index contributed by atoms with van der Waals surface area (Å²) in [6.45, 7) is 6.12. The van der Waals surface area contributed by atoms with Gasteiger partial charge >= 0.3 is 0 Å². The van der Waals surface area contributed by atoms with Gasteiger partial charge in [0.15, 0.2) is 0 Å². The van der Waals surface area contributed by atoms with Gasteiger partial charge in [-0.3, -0.25) is 9.59 Å². The normalized spacial score (nSPS) is 15.4. The topological polar surface area (TPSA) is 45.6 Å². The Balaban J connectivity index is 1.61. The molecule has 0 saturated carbocycles. The molecule has 4 rings (SSSR count). The van der Waals surface area contributed by atoms with E-state index >= 15 is 0 Å². The Morgan fingerprint density at radius 3 is 2.42 bits per heavy atom. The fourth-order valence-electron chi connectivity index (χ4n) is 4.29. The molecule has 160 valence electrons. The molecule has 0 radical (unpaired) electrons. The van der Waals surface area contributed by atoms with Gasteiger partial charge in [0.1, 0.15) is 6.54 Å². The molecule has 2 aromatic carbocycles. The van der Waals surface area contributed by atoms with Gasteiger partial charge in [-0.05, 0) is 43.2 Å². The zero-order chi connectivity index (χ0) is 21.8. The molecule has 1 aromatic heterocycles. The fraction of sp³-hybridized carbons (Fsp3) is 0.308. The van der Waals surface area contributed by atoms with Crippen molar-refractivity contribution in [3.8, 4) is 0 Å². The van der Waals surface area contributed by atoms with Crippen LogP contribution in [-0.2, 0) is 11.3 Å². The van der Waals surface area contributed by atoms with E-state index in [1.165, 1.54) is 5.56 Å². The van der Waals surface area contributed by atoms with Crippen LogP contribution in [0.2, 0.25) is 0 Å². The van der Waals surface area contributed by atoms with Crippen LogP contribution in [0.4, 0.5) is 0 Å². The quantitative estimate of drug-likeness (QED) is 0.603. The van der Waals surface area contributed by atoms with E-state index in [-0.39, 0.29) is 24.4 Å². The lowest BCUT2D eigenvalue weighted by Gasteiger charge is -2.38. The number of carbonyl (C=O) groups is 2. The highest BCUT2D eigenvalue weighted by atomic mass is 16.2. The number of rotatable bonds is 6. The van der Waals surface area contributed by atoms with Gasteiger partial charge in [-0.2, -0.15) is 0 Å². The molecule has 3 aromatic rings. The highest BCUT2D eigenvalue weighted by molar-refractivity contribution is 5.96. The monoisotopic (exact) mass is 415 g/mol. The largest absolute Gasteiger partial charge is 0.348 e. The van der Waals surface area contributed by atoms with Gasteiger partial charge in [-0.1, -0.05) is 55.0 Å². The van der Waals surface area contributed by atoms with Gasteiger partial charge in [0, 0.05) is 37.1 Å². The van der Waals surface area contributed by atoms with Crippen LogP contribution >= 0.6 is 0 Å². The standard InChI is InChI=1S/C26H29N3O2/c1-3-15-28(26(31)22-8-5-4-6-9-22)19-24(30)29-18-17-27-16-7-10-23(27)25(29)21-13-11-20(2)12-14-21/h4-14,16,25H,3,15,17-19H2,1-2H3. The van der Waals surface area contributed by atoms with Crippen molar-refractivity contribution in [2.24, 2.45) is 0 Å². The highest BCUT2D eigenvalue weighted by Crippen LogP contribution is 2.32. The second-order valence-electron chi connectivity index (χ2n) is 8.12. The van der Waals surface area contributed by atoms with E-state index < -0.39 is 0 Å². The SMILES string of the molecule is CCCN(CC(=O)N1CCn2cccc2C1c1ccc(C)cc1)C(=O)c1ccccc1. The third kappa shape index (κ3) is 4.41. The number of amides is 2. The molecule has 5 heteroatoms. The van der Waals surface area contributed by atoms with Gasteiger partial charge in [-0.25, -0.2) is 0 Å². The Labute approximate surface area is 183 Å². The van der Waals surface area contributed by atoms with Crippen molar-refractivity contribution in [2.45, 2.75) is 32.9 Å². The molecule has 1 aliphatic rings. The predicted octanol–water partition coefficient (Wildman–Crippen LogP) is 4.28. The van der Waals surface area contributed by atoms with Crippen LogP contribution in [0.3, 0.4) is 0 Å². The summed E-state index contributed by atoms with van der Waals surface area (Å²) in [5, 5.41) is 0. The summed E-state index contributed by atoms with van der Waals surface area (Å²) in [6.07, 6.45) is 2.87. The molecular formula is C26H29N3O2. The molecular weight excluding hydrogens is 386 g/mol. The van der Waals surface area contributed by atoms with Crippen LogP contribution in [0.5, 0.6) is 0 Å². The minimum atomic E-state index is -0.146. The van der Waals surface area contributed by atoms with E-state index in [2.05, 4.69) is 48.0 Å². The Bertz CT molecular complexity index is 1040. The number of fused-ring (bicyclic) bond motifs is 1. The van der Waals surface area contributed by atoms with Gasteiger partial charge in [-0.15, -0.1) is 0 Å². The molecule has 5 nitrogen and oxygen atoms in total. The maximum atomic E-state index is 13.5. The van der Waals surface area contributed by atoms with Crippen LogP contribution in [0.15, 0.2) is 72.9 Å². The third-order valence-corrected chi connectivity index (χ3v) is 5.88. The van der Waals surface area contributed by atoms with E-state index in [0.717, 1.165) is 24.2 Å². The zero-order valence-electron chi connectivity index (χ0n) is 18.2. The molecule has 31 heavy (non-hydrogen) atoms. The van der Waals surface area contributed by atoms with Crippen LogP contribution in [-0.4, -0.2) is 45.8 Å². The lowest BCUT2D eigenvalue weighted by molar-refractivity contribution is -0.134. The van der Waals surface area contributed by atoms with Crippen molar-refractivity contribution in [2.75, 3.05) is 19.6 Å². The summed E-state index contributed by atoms with van der Waals surface area (Å²) in [4.78, 5) is 30.2. The van der Waals surface area contributed by atoms with Crippen LogP contribution in [0.1, 0.15) is 46.6 Å². The second kappa shape index (κ2) is 9.21. The second-order valence-corrected chi connectivity index (χ2v) is 8.12. The number of carbonyl (C=O) groups excluding carboxylic acids is 2. The van der Waals surface area contributed by atoms with Gasteiger partial charge in [0.25, 0.3) is 5.91 Å². The van der Waals surface area contributed by atoms with Crippen molar-refractivity contribution in [1.82, 2.24) is 14.4 Å². The van der Waals surface area contributed by atoms with Gasteiger partial charge in [0.05, 0.1) is 6.04 Å². The molecule has 0 fully saturated rings. The third-order valence-electron chi connectivity index (χ3n) is 5.88. The summed E-state index contributed by atoms with van der Waals surface area (Å²) < 4.78 is 2.22. The van der Waals surface area contributed by atoms with E-state index in [9.17, 15) is 9.59 Å². The van der Waals surface area contributed by atoms with Crippen LogP contribution < -0.4 is 0 Å². The summed E-state index contributed by atoms with van der Waals surface area (Å²) in [7, 11) is 0. The van der Waals surface area contributed by atoms with Crippen LogP contribution in [0.25, 0.3) is 0 Å². The summed E-state index contributed by atoms with van der Waals surface area (Å²) in [5.41, 5.74) is 4.01.